The van der Waals surface area contributed by atoms with Crippen molar-refractivity contribution in [2.75, 3.05) is 11.5 Å². The second kappa shape index (κ2) is 6.47. The molecule has 0 bridgehead atoms. The lowest BCUT2D eigenvalue weighted by Crippen LogP contribution is -2.19. The number of thioether (sulfide) groups is 1. The average Bonchev–Trinajstić information content (AvgIpc) is 2.02. The zero-order valence-corrected chi connectivity index (χ0v) is 10.2. The largest absolute Gasteiger partial charge is 0.299 e. The summed E-state index contributed by atoms with van der Waals surface area (Å²) in [6, 6.07) is 0. The first kappa shape index (κ1) is 13.0. The Morgan fingerprint density at radius 3 is 2.31 bits per heavy atom. The van der Waals surface area contributed by atoms with Crippen molar-refractivity contribution in [1.82, 2.24) is 0 Å². The van der Waals surface area contributed by atoms with E-state index in [1.165, 1.54) is 17.9 Å². The van der Waals surface area contributed by atoms with E-state index in [-0.39, 0.29) is 5.41 Å². The van der Waals surface area contributed by atoms with Gasteiger partial charge in [0.25, 0.3) is 0 Å². The van der Waals surface area contributed by atoms with Gasteiger partial charge in [0.1, 0.15) is 5.78 Å². The van der Waals surface area contributed by atoms with Crippen molar-refractivity contribution < 1.29 is 4.79 Å². The maximum absolute atomic E-state index is 11.5. The standard InChI is InChI=1S/C11H22OS/c1-5-13-9-7-6-8-10(12)11(2,3)4/h5-9H2,1-4H3. The van der Waals surface area contributed by atoms with Gasteiger partial charge in [0.2, 0.25) is 0 Å². The van der Waals surface area contributed by atoms with Gasteiger partial charge >= 0.3 is 0 Å². The summed E-state index contributed by atoms with van der Waals surface area (Å²) in [6.07, 6.45) is 3.00. The van der Waals surface area contributed by atoms with E-state index in [0.717, 1.165) is 12.8 Å². The van der Waals surface area contributed by atoms with Gasteiger partial charge in [-0.3, -0.25) is 4.79 Å². The van der Waals surface area contributed by atoms with E-state index in [9.17, 15) is 4.79 Å². The van der Waals surface area contributed by atoms with Crippen LogP contribution in [0.1, 0.15) is 47.0 Å². The van der Waals surface area contributed by atoms with E-state index in [1.54, 1.807) is 0 Å². The highest BCUT2D eigenvalue weighted by Crippen LogP contribution is 2.18. The number of rotatable bonds is 6. The highest BCUT2D eigenvalue weighted by Gasteiger charge is 2.19. The summed E-state index contributed by atoms with van der Waals surface area (Å²) in [5.74, 6) is 2.79. The number of carbonyl (C=O) groups is 1. The maximum Gasteiger partial charge on any atom is 0.138 e. The summed E-state index contributed by atoms with van der Waals surface area (Å²) in [5, 5.41) is 0. The predicted molar refractivity (Wildman–Crippen MR) is 61.3 cm³/mol. The molecular formula is C11H22OS. The van der Waals surface area contributed by atoms with Crippen LogP contribution in [-0.4, -0.2) is 17.3 Å². The number of carbonyl (C=O) groups excluding carboxylic acids is 1. The van der Waals surface area contributed by atoms with Crippen LogP contribution in [0.4, 0.5) is 0 Å². The summed E-state index contributed by atoms with van der Waals surface area (Å²) < 4.78 is 0. The molecule has 2 heteroatoms. The Hall–Kier alpha value is 0.0200. The molecule has 0 aliphatic heterocycles. The third-order valence-corrected chi connectivity index (χ3v) is 2.97. The summed E-state index contributed by atoms with van der Waals surface area (Å²) in [5.41, 5.74) is -0.141. The van der Waals surface area contributed by atoms with Crippen LogP contribution in [-0.2, 0) is 4.79 Å². The molecule has 0 aliphatic carbocycles. The van der Waals surface area contributed by atoms with Crippen LogP contribution in [0.3, 0.4) is 0 Å². The molecule has 0 atom stereocenters. The van der Waals surface area contributed by atoms with Crippen LogP contribution in [0.2, 0.25) is 0 Å². The fourth-order valence-corrected chi connectivity index (χ4v) is 1.71. The van der Waals surface area contributed by atoms with Crippen LogP contribution >= 0.6 is 11.8 Å². The Morgan fingerprint density at radius 2 is 1.85 bits per heavy atom. The molecule has 0 spiro atoms. The summed E-state index contributed by atoms with van der Waals surface area (Å²) in [4.78, 5) is 11.5. The van der Waals surface area contributed by atoms with Crippen molar-refractivity contribution in [3.63, 3.8) is 0 Å². The lowest BCUT2D eigenvalue weighted by atomic mass is 9.88. The zero-order chi connectivity index (χ0) is 10.3. The average molecular weight is 202 g/mol. The molecule has 1 nitrogen and oxygen atoms in total. The lowest BCUT2D eigenvalue weighted by Gasteiger charge is -2.15. The minimum Gasteiger partial charge on any atom is -0.299 e. The van der Waals surface area contributed by atoms with Gasteiger partial charge in [-0.15, -0.1) is 0 Å². The van der Waals surface area contributed by atoms with Gasteiger partial charge in [0.15, 0.2) is 0 Å². The molecule has 0 unspecified atom stereocenters. The Morgan fingerprint density at radius 1 is 1.23 bits per heavy atom. The maximum atomic E-state index is 11.5. The van der Waals surface area contributed by atoms with Gasteiger partial charge in [-0.2, -0.15) is 11.8 Å². The quantitative estimate of drug-likeness (QED) is 0.613. The normalized spacial score (nSPS) is 11.7. The smallest absolute Gasteiger partial charge is 0.138 e. The van der Waals surface area contributed by atoms with Gasteiger partial charge in [0, 0.05) is 11.8 Å². The van der Waals surface area contributed by atoms with E-state index >= 15 is 0 Å². The molecule has 0 saturated carbocycles. The van der Waals surface area contributed by atoms with Crippen LogP contribution in [0.25, 0.3) is 0 Å². The second-order valence-electron chi connectivity index (χ2n) is 4.33. The molecule has 13 heavy (non-hydrogen) atoms. The molecule has 0 N–H and O–H groups in total. The van der Waals surface area contributed by atoms with Crippen molar-refractivity contribution in [3.05, 3.63) is 0 Å². The fourth-order valence-electron chi connectivity index (χ4n) is 1.01. The number of hydrogen-bond acceptors (Lipinski definition) is 2. The first-order valence-electron chi connectivity index (χ1n) is 5.09. The Balaban J connectivity index is 3.38. The third kappa shape index (κ3) is 7.12. The molecule has 0 radical (unpaired) electrons. The summed E-state index contributed by atoms with van der Waals surface area (Å²) >= 11 is 1.96. The third-order valence-electron chi connectivity index (χ3n) is 1.98. The molecule has 78 valence electrons. The molecule has 0 saturated heterocycles. The van der Waals surface area contributed by atoms with Crippen LogP contribution in [0.5, 0.6) is 0 Å². The second-order valence-corrected chi connectivity index (χ2v) is 5.72. The molecule has 0 rings (SSSR count). The Bertz CT molecular complexity index is 147. The lowest BCUT2D eigenvalue weighted by molar-refractivity contribution is -0.126. The van der Waals surface area contributed by atoms with Crippen molar-refractivity contribution in [2.45, 2.75) is 47.0 Å². The SMILES string of the molecule is CCSCCCCC(=O)C(C)(C)C. The molecule has 0 heterocycles. The minimum absolute atomic E-state index is 0.141. The monoisotopic (exact) mass is 202 g/mol. The highest BCUT2D eigenvalue weighted by atomic mass is 32.2. The van der Waals surface area contributed by atoms with Crippen molar-refractivity contribution in [2.24, 2.45) is 5.41 Å². The number of hydrogen-bond donors (Lipinski definition) is 0. The summed E-state index contributed by atoms with van der Waals surface area (Å²) in [6.45, 7) is 8.16. The van der Waals surface area contributed by atoms with Gasteiger partial charge in [-0.25, -0.2) is 0 Å². The van der Waals surface area contributed by atoms with E-state index in [4.69, 9.17) is 0 Å². The molecule has 0 fully saturated rings. The van der Waals surface area contributed by atoms with Crippen molar-refractivity contribution in [3.8, 4) is 0 Å². The number of unbranched alkanes of at least 4 members (excludes halogenated alkanes) is 1. The van der Waals surface area contributed by atoms with E-state index in [0.29, 0.717) is 5.78 Å². The number of Topliss-reactive ketones (excluding diaryl/α,β-unsaturated/α-hetero) is 1. The molecule has 0 aliphatic rings. The molecule has 0 aromatic rings. The van der Waals surface area contributed by atoms with Gasteiger partial charge in [-0.1, -0.05) is 27.7 Å². The topological polar surface area (TPSA) is 17.1 Å². The van der Waals surface area contributed by atoms with Crippen LogP contribution < -0.4 is 0 Å². The highest BCUT2D eigenvalue weighted by molar-refractivity contribution is 7.99. The van der Waals surface area contributed by atoms with Gasteiger partial charge in [0.05, 0.1) is 0 Å². The van der Waals surface area contributed by atoms with E-state index in [2.05, 4.69) is 6.92 Å². The minimum atomic E-state index is -0.141. The van der Waals surface area contributed by atoms with Crippen molar-refractivity contribution in [1.29, 1.82) is 0 Å². The van der Waals surface area contributed by atoms with Gasteiger partial charge in [-0.05, 0) is 24.3 Å². The first-order valence-corrected chi connectivity index (χ1v) is 6.25. The predicted octanol–water partition coefficient (Wildman–Crippen LogP) is 3.53. The first-order chi connectivity index (χ1) is 5.98. The van der Waals surface area contributed by atoms with Crippen LogP contribution in [0.15, 0.2) is 0 Å². The Labute approximate surface area is 86.7 Å². The van der Waals surface area contributed by atoms with Crippen molar-refractivity contribution >= 4 is 17.5 Å². The van der Waals surface area contributed by atoms with Crippen LogP contribution in [0, 0.1) is 5.41 Å². The Kier molecular flexibility index (Phi) is 6.48. The zero-order valence-electron chi connectivity index (χ0n) is 9.35. The number of ketones is 1. The fraction of sp³-hybridized carbons (Fsp3) is 0.909. The van der Waals surface area contributed by atoms with E-state index < -0.39 is 0 Å². The van der Waals surface area contributed by atoms with E-state index in [1.807, 2.05) is 32.5 Å². The molecule has 0 aromatic carbocycles. The summed E-state index contributed by atoms with van der Waals surface area (Å²) in [7, 11) is 0. The molecule has 0 aromatic heterocycles. The molecular weight excluding hydrogens is 180 g/mol. The van der Waals surface area contributed by atoms with Gasteiger partial charge < -0.3 is 0 Å². The molecule has 0 amide bonds.